The summed E-state index contributed by atoms with van der Waals surface area (Å²) in [6.45, 7) is 0.869. The first-order valence-electron chi connectivity index (χ1n) is 11.0. The number of fused-ring (bicyclic) bond motifs is 1. The van der Waals surface area contributed by atoms with Gasteiger partial charge in [-0.15, -0.1) is 0 Å². The third kappa shape index (κ3) is 5.06. The van der Waals surface area contributed by atoms with Gasteiger partial charge in [0.2, 0.25) is 5.91 Å². The smallest absolute Gasteiger partial charge is 0.333 e. The van der Waals surface area contributed by atoms with Crippen LogP contribution in [0, 0.1) is 11.0 Å². The zero-order chi connectivity index (χ0) is 25.4. The number of nitrogens with one attached hydrogen (secondary N) is 3. The van der Waals surface area contributed by atoms with Gasteiger partial charge in [0.25, 0.3) is 15.9 Å². The highest BCUT2D eigenvalue weighted by Gasteiger charge is 2.33. The summed E-state index contributed by atoms with van der Waals surface area (Å²) >= 11 is 0.381. The monoisotopic (exact) mass is 529 g/mol. The number of carbonyl (C=O) groups excluding carboxylic acids is 3. The van der Waals surface area contributed by atoms with E-state index in [1.807, 2.05) is 12.1 Å². The normalized spacial score (nSPS) is 15.4. The molecule has 1 fully saturated rings. The number of benzene rings is 1. The van der Waals surface area contributed by atoms with Gasteiger partial charge in [0.05, 0.1) is 18.3 Å². The van der Waals surface area contributed by atoms with E-state index in [0.29, 0.717) is 28.4 Å². The van der Waals surface area contributed by atoms with Crippen LogP contribution in [0.5, 0.6) is 0 Å². The Morgan fingerprint density at radius 1 is 1.11 bits per heavy atom. The summed E-state index contributed by atoms with van der Waals surface area (Å²) in [5.74, 6) is -0.189. The topological polar surface area (TPSA) is 138 Å². The van der Waals surface area contributed by atoms with E-state index in [4.69, 9.17) is 0 Å². The third-order valence-electron chi connectivity index (χ3n) is 5.70. The highest BCUT2D eigenvalue weighted by Crippen LogP contribution is 2.30. The highest BCUT2D eigenvalue weighted by molar-refractivity contribution is 7.92. The Kier molecular flexibility index (Phi) is 6.18. The number of anilines is 3. The molecule has 4 amide bonds. The Morgan fingerprint density at radius 2 is 1.89 bits per heavy atom. The Hall–Kier alpha value is -3.84. The molecule has 3 N–H and O–H groups in total. The SMILES string of the molecule is O=C(Nc1ccc(N2C(=O)Cc3cc(NCC4CC4)ccc3C2=O)nc1)NS(=O)(=O)c1ccc(F)s1. The van der Waals surface area contributed by atoms with Crippen LogP contribution in [-0.4, -0.2) is 37.8 Å². The number of carbonyl (C=O) groups is 3. The number of imide groups is 1. The summed E-state index contributed by atoms with van der Waals surface area (Å²) in [5.41, 5.74) is 2.04. The largest absolute Gasteiger partial charge is 0.385 e. The molecule has 0 radical (unpaired) electrons. The van der Waals surface area contributed by atoms with Crippen LogP contribution in [0.2, 0.25) is 0 Å². The molecular weight excluding hydrogens is 509 g/mol. The Morgan fingerprint density at radius 3 is 2.56 bits per heavy atom. The quantitative estimate of drug-likeness (QED) is 0.399. The Bertz CT molecular complexity index is 1470. The van der Waals surface area contributed by atoms with Crippen molar-refractivity contribution in [3.05, 3.63) is 64.9 Å². The first-order valence-corrected chi connectivity index (χ1v) is 13.3. The summed E-state index contributed by atoms with van der Waals surface area (Å²) in [5, 5.41) is 4.93. The highest BCUT2D eigenvalue weighted by atomic mass is 32.2. The second kappa shape index (κ2) is 9.32. The molecule has 5 rings (SSSR count). The van der Waals surface area contributed by atoms with Crippen molar-refractivity contribution in [2.24, 2.45) is 5.92 Å². The van der Waals surface area contributed by atoms with Crippen molar-refractivity contribution < 1.29 is 27.2 Å². The Balaban J connectivity index is 1.25. The van der Waals surface area contributed by atoms with Gasteiger partial charge in [-0.3, -0.25) is 9.59 Å². The van der Waals surface area contributed by atoms with Gasteiger partial charge in [-0.25, -0.2) is 27.8 Å². The van der Waals surface area contributed by atoms with Gasteiger partial charge in [-0.1, -0.05) is 11.3 Å². The van der Waals surface area contributed by atoms with Gasteiger partial charge in [-0.05, 0) is 66.8 Å². The summed E-state index contributed by atoms with van der Waals surface area (Å²) in [6, 6.07) is 9.00. The third-order valence-corrected chi connectivity index (χ3v) is 8.39. The number of halogens is 1. The molecule has 0 unspecified atom stereocenters. The molecule has 0 spiro atoms. The average Bonchev–Trinajstić information content (AvgIpc) is 3.55. The number of pyridine rings is 1. The van der Waals surface area contributed by atoms with Crippen molar-refractivity contribution in [3.63, 3.8) is 0 Å². The molecule has 36 heavy (non-hydrogen) atoms. The standard InChI is InChI=1S/C23H20FN5O5S2/c24-18-6-8-21(35-18)36(33,34)28-23(32)27-16-4-7-19(26-12-16)29-20(30)10-14-9-15(25-11-13-1-2-13)3-5-17(14)22(29)31/h3-9,12-13,25H,1-2,10-11H2,(H2,27,28,32). The predicted octanol–water partition coefficient (Wildman–Crippen LogP) is 3.34. The number of thiophene rings is 1. The van der Waals surface area contributed by atoms with Gasteiger partial charge in [0.15, 0.2) is 5.13 Å². The van der Waals surface area contributed by atoms with E-state index >= 15 is 0 Å². The molecule has 3 heterocycles. The van der Waals surface area contributed by atoms with Gasteiger partial charge in [0.1, 0.15) is 10.0 Å². The van der Waals surface area contributed by atoms with Crippen molar-refractivity contribution in [3.8, 4) is 0 Å². The van der Waals surface area contributed by atoms with Crippen LogP contribution >= 0.6 is 11.3 Å². The molecule has 0 bridgehead atoms. The number of urea groups is 1. The molecule has 1 saturated carbocycles. The van der Waals surface area contributed by atoms with Crippen molar-refractivity contribution in [1.29, 1.82) is 0 Å². The zero-order valence-electron chi connectivity index (χ0n) is 18.7. The molecule has 186 valence electrons. The molecule has 1 aliphatic heterocycles. The molecule has 0 atom stereocenters. The van der Waals surface area contributed by atoms with Crippen LogP contribution < -0.4 is 20.3 Å². The number of aromatic nitrogens is 1. The van der Waals surface area contributed by atoms with Gasteiger partial charge < -0.3 is 10.6 Å². The van der Waals surface area contributed by atoms with Crippen LogP contribution in [-0.2, 0) is 21.2 Å². The lowest BCUT2D eigenvalue weighted by atomic mass is 9.97. The van der Waals surface area contributed by atoms with Crippen molar-refractivity contribution >= 4 is 56.4 Å². The van der Waals surface area contributed by atoms with E-state index in [0.717, 1.165) is 29.3 Å². The maximum atomic E-state index is 13.1. The van der Waals surface area contributed by atoms with E-state index in [9.17, 15) is 27.2 Å². The van der Waals surface area contributed by atoms with E-state index in [2.05, 4.69) is 15.6 Å². The molecule has 3 aromatic rings. The second-order valence-corrected chi connectivity index (χ2v) is 11.4. The van der Waals surface area contributed by atoms with Gasteiger partial charge in [0, 0.05) is 17.8 Å². The lowest BCUT2D eigenvalue weighted by molar-refractivity contribution is -0.117. The van der Waals surface area contributed by atoms with Gasteiger partial charge >= 0.3 is 6.03 Å². The fourth-order valence-electron chi connectivity index (χ4n) is 3.71. The predicted molar refractivity (Wildman–Crippen MR) is 131 cm³/mol. The second-order valence-electron chi connectivity index (χ2n) is 8.43. The summed E-state index contributed by atoms with van der Waals surface area (Å²) in [4.78, 5) is 43.0. The van der Waals surface area contributed by atoms with Crippen LogP contribution in [0.1, 0.15) is 28.8 Å². The molecule has 1 aromatic carbocycles. The maximum Gasteiger partial charge on any atom is 0.333 e. The Labute approximate surface area is 209 Å². The van der Waals surface area contributed by atoms with Crippen molar-refractivity contribution in [2.75, 3.05) is 22.1 Å². The fraction of sp³-hybridized carbons (Fsp3) is 0.217. The van der Waals surface area contributed by atoms with E-state index in [-0.39, 0.29) is 22.1 Å². The maximum absolute atomic E-state index is 13.1. The van der Waals surface area contributed by atoms with Crippen molar-refractivity contribution in [2.45, 2.75) is 23.5 Å². The average molecular weight is 530 g/mol. The molecule has 0 saturated heterocycles. The number of sulfonamides is 1. The molecular formula is C23H20FN5O5S2. The number of rotatable bonds is 7. The molecule has 13 heteroatoms. The number of nitrogens with zero attached hydrogens (tertiary/aromatic N) is 2. The van der Waals surface area contributed by atoms with Crippen LogP contribution in [0.25, 0.3) is 0 Å². The minimum Gasteiger partial charge on any atom is -0.385 e. The van der Waals surface area contributed by atoms with Crippen LogP contribution in [0.4, 0.5) is 26.4 Å². The van der Waals surface area contributed by atoms with Gasteiger partial charge in [-0.2, -0.15) is 4.39 Å². The molecule has 10 nitrogen and oxygen atoms in total. The van der Waals surface area contributed by atoms with E-state index in [1.165, 1.54) is 31.2 Å². The number of hydrogen-bond acceptors (Lipinski definition) is 8. The van der Waals surface area contributed by atoms with Crippen LogP contribution in [0.15, 0.2) is 52.9 Å². The van der Waals surface area contributed by atoms with E-state index < -0.39 is 33.0 Å². The summed E-state index contributed by atoms with van der Waals surface area (Å²) in [6.07, 6.45) is 3.65. The zero-order valence-corrected chi connectivity index (χ0v) is 20.3. The lowest BCUT2D eigenvalue weighted by Gasteiger charge is -2.26. The summed E-state index contributed by atoms with van der Waals surface area (Å²) < 4.78 is 38.8. The fourth-order valence-corrected chi connectivity index (χ4v) is 5.62. The lowest BCUT2D eigenvalue weighted by Crippen LogP contribution is -2.43. The van der Waals surface area contributed by atoms with Crippen LogP contribution in [0.3, 0.4) is 0 Å². The minimum absolute atomic E-state index is 0.0330. The van der Waals surface area contributed by atoms with Crippen molar-refractivity contribution in [1.82, 2.24) is 9.71 Å². The molecule has 1 aliphatic carbocycles. The minimum atomic E-state index is -4.24. The van der Waals surface area contributed by atoms with E-state index in [1.54, 1.807) is 10.8 Å². The molecule has 2 aliphatic rings. The molecule has 2 aromatic heterocycles. The number of hydrogen-bond donors (Lipinski definition) is 3. The summed E-state index contributed by atoms with van der Waals surface area (Å²) in [7, 11) is -4.24. The first kappa shape index (κ1) is 23.9. The first-order chi connectivity index (χ1) is 17.2. The number of amides is 4.